The molecule has 0 radical (unpaired) electrons. The van der Waals surface area contributed by atoms with Gasteiger partial charge in [0.2, 0.25) is 0 Å². The lowest BCUT2D eigenvalue weighted by Gasteiger charge is -2.14. The maximum Gasteiger partial charge on any atom is 0.339 e. The minimum Gasteiger partial charge on any atom is -0.478 e. The molecule has 106 valence electrons. The Balaban J connectivity index is 1.96. The highest BCUT2D eigenvalue weighted by molar-refractivity contribution is 7.13. The molecule has 5 nitrogen and oxygen atoms in total. The topological polar surface area (TPSA) is 68.0 Å². The Morgan fingerprint density at radius 2 is 2.05 bits per heavy atom. The molecule has 1 fully saturated rings. The highest BCUT2D eigenvalue weighted by Gasteiger charge is 2.22. The highest BCUT2D eigenvalue weighted by atomic mass is 32.1. The molecule has 1 N–H and O–H groups in total. The molecule has 0 amide bonds. The summed E-state index contributed by atoms with van der Waals surface area (Å²) in [5, 5.41) is 16.4. The Morgan fingerprint density at radius 1 is 1.30 bits per heavy atom. The molecule has 3 rings (SSSR count). The first kappa shape index (κ1) is 13.3. The molecule has 2 heterocycles. The number of aromatic nitrogens is 3. The molecule has 6 heteroatoms. The zero-order valence-corrected chi connectivity index (χ0v) is 12.0. The summed E-state index contributed by atoms with van der Waals surface area (Å²) in [7, 11) is 0. The largest absolute Gasteiger partial charge is 0.478 e. The van der Waals surface area contributed by atoms with Crippen LogP contribution in [0.5, 0.6) is 0 Å². The van der Waals surface area contributed by atoms with E-state index in [2.05, 4.69) is 10.1 Å². The van der Waals surface area contributed by atoms with Crippen LogP contribution in [0.3, 0.4) is 0 Å². The molecule has 0 aliphatic heterocycles. The Bertz CT molecular complexity index is 584. The fourth-order valence-corrected chi connectivity index (χ4v) is 3.39. The number of aromatic carboxylic acids is 1. The van der Waals surface area contributed by atoms with Crippen molar-refractivity contribution in [2.24, 2.45) is 0 Å². The van der Waals surface area contributed by atoms with Gasteiger partial charge < -0.3 is 5.11 Å². The maximum absolute atomic E-state index is 11.4. The molecular weight excluding hydrogens is 274 g/mol. The van der Waals surface area contributed by atoms with Gasteiger partial charge in [0.15, 0.2) is 0 Å². The van der Waals surface area contributed by atoms with Gasteiger partial charge in [0.05, 0.1) is 6.04 Å². The molecule has 2 aromatic rings. The van der Waals surface area contributed by atoms with E-state index in [0.717, 1.165) is 12.8 Å². The van der Waals surface area contributed by atoms with Gasteiger partial charge in [-0.15, -0.1) is 11.3 Å². The summed E-state index contributed by atoms with van der Waals surface area (Å²) in [5.74, 6) is -0.935. The summed E-state index contributed by atoms with van der Waals surface area (Å²) >= 11 is 1.42. The number of nitrogens with zero attached hydrogens (tertiary/aromatic N) is 3. The van der Waals surface area contributed by atoms with E-state index in [1.54, 1.807) is 12.4 Å². The lowest BCUT2D eigenvalue weighted by Crippen LogP contribution is -2.08. The summed E-state index contributed by atoms with van der Waals surface area (Å²) in [6.45, 7) is 0. The second kappa shape index (κ2) is 5.75. The third kappa shape index (κ3) is 2.60. The van der Waals surface area contributed by atoms with E-state index < -0.39 is 5.97 Å². The fraction of sp³-hybridized carbons (Fsp3) is 0.500. The van der Waals surface area contributed by atoms with Crippen LogP contribution in [0.2, 0.25) is 0 Å². The van der Waals surface area contributed by atoms with Crippen LogP contribution in [0.25, 0.3) is 10.7 Å². The van der Waals surface area contributed by atoms with Gasteiger partial charge in [-0.2, -0.15) is 5.10 Å². The van der Waals surface area contributed by atoms with Crippen LogP contribution < -0.4 is 0 Å². The van der Waals surface area contributed by atoms with Crippen molar-refractivity contribution in [2.75, 3.05) is 0 Å². The third-order valence-corrected chi connectivity index (χ3v) is 4.58. The smallest absolute Gasteiger partial charge is 0.339 e. The van der Waals surface area contributed by atoms with Crippen molar-refractivity contribution in [2.45, 2.75) is 44.6 Å². The Hall–Kier alpha value is -1.69. The fourth-order valence-electron chi connectivity index (χ4n) is 2.76. The molecule has 20 heavy (non-hydrogen) atoms. The van der Waals surface area contributed by atoms with E-state index in [1.807, 2.05) is 10.1 Å². The maximum atomic E-state index is 11.4. The highest BCUT2D eigenvalue weighted by Crippen LogP contribution is 2.30. The van der Waals surface area contributed by atoms with Crippen LogP contribution in [-0.2, 0) is 0 Å². The van der Waals surface area contributed by atoms with Gasteiger partial charge in [-0.05, 0) is 12.8 Å². The number of hydrogen-bond acceptors (Lipinski definition) is 4. The van der Waals surface area contributed by atoms with Gasteiger partial charge >= 0.3 is 5.97 Å². The van der Waals surface area contributed by atoms with Crippen molar-refractivity contribution in [3.05, 3.63) is 23.3 Å². The van der Waals surface area contributed by atoms with Crippen molar-refractivity contribution in [1.82, 2.24) is 14.8 Å². The number of rotatable bonds is 3. The molecule has 1 saturated carbocycles. The van der Waals surface area contributed by atoms with E-state index in [4.69, 9.17) is 0 Å². The molecule has 1 aliphatic rings. The summed E-state index contributed by atoms with van der Waals surface area (Å²) in [5.41, 5.74) is 0.751. The number of carboxylic acid groups (broad SMARTS) is 1. The minimum absolute atomic E-state index is 0.254. The molecule has 0 atom stereocenters. The van der Waals surface area contributed by atoms with Crippen molar-refractivity contribution in [3.63, 3.8) is 0 Å². The third-order valence-electron chi connectivity index (χ3n) is 3.80. The summed E-state index contributed by atoms with van der Waals surface area (Å²) in [6, 6.07) is 0.323. The Morgan fingerprint density at radius 3 is 2.65 bits per heavy atom. The normalized spacial score (nSPS) is 17.0. The minimum atomic E-state index is -0.935. The summed E-state index contributed by atoms with van der Waals surface area (Å²) in [6.07, 6.45) is 10.4. The molecule has 2 aromatic heterocycles. The van der Waals surface area contributed by atoms with Gasteiger partial charge in [-0.25, -0.2) is 9.78 Å². The predicted octanol–water partition coefficient (Wildman–Crippen LogP) is 3.60. The summed E-state index contributed by atoms with van der Waals surface area (Å²) < 4.78 is 1.85. The Kier molecular flexibility index (Phi) is 3.82. The van der Waals surface area contributed by atoms with Crippen LogP contribution in [0.15, 0.2) is 17.8 Å². The molecular formula is C14H17N3O2S. The molecule has 0 unspecified atom stereocenters. The van der Waals surface area contributed by atoms with E-state index >= 15 is 0 Å². The first-order chi connectivity index (χ1) is 9.75. The molecule has 0 bridgehead atoms. The van der Waals surface area contributed by atoms with Crippen LogP contribution >= 0.6 is 11.3 Å². The van der Waals surface area contributed by atoms with E-state index in [0.29, 0.717) is 16.7 Å². The van der Waals surface area contributed by atoms with Gasteiger partial charge in [0.25, 0.3) is 0 Å². The predicted molar refractivity (Wildman–Crippen MR) is 77.0 cm³/mol. The average Bonchev–Trinajstić information content (AvgIpc) is 3.02. The second-order valence-electron chi connectivity index (χ2n) is 5.16. The van der Waals surface area contributed by atoms with Crippen molar-refractivity contribution >= 4 is 17.3 Å². The monoisotopic (exact) mass is 291 g/mol. The van der Waals surface area contributed by atoms with Crippen LogP contribution in [-0.4, -0.2) is 25.8 Å². The lowest BCUT2D eigenvalue weighted by molar-refractivity contribution is 0.0697. The van der Waals surface area contributed by atoms with Crippen LogP contribution in [0.4, 0.5) is 0 Å². The van der Waals surface area contributed by atoms with Gasteiger partial charge in [0.1, 0.15) is 16.3 Å². The number of thiazole rings is 1. The molecule has 0 saturated heterocycles. The van der Waals surface area contributed by atoms with E-state index in [9.17, 15) is 9.90 Å². The number of hydrogen-bond donors (Lipinski definition) is 1. The van der Waals surface area contributed by atoms with Gasteiger partial charge in [0, 0.05) is 17.8 Å². The zero-order valence-electron chi connectivity index (χ0n) is 11.2. The van der Waals surface area contributed by atoms with Crippen LogP contribution in [0.1, 0.15) is 54.9 Å². The quantitative estimate of drug-likeness (QED) is 0.877. The van der Waals surface area contributed by atoms with Gasteiger partial charge in [-0.1, -0.05) is 25.7 Å². The zero-order chi connectivity index (χ0) is 13.9. The average molecular weight is 291 g/mol. The molecule has 1 aliphatic carbocycles. The summed E-state index contributed by atoms with van der Waals surface area (Å²) in [4.78, 5) is 15.6. The first-order valence-electron chi connectivity index (χ1n) is 6.98. The number of carboxylic acids is 1. The van der Waals surface area contributed by atoms with E-state index in [-0.39, 0.29) is 5.56 Å². The second-order valence-corrected chi connectivity index (χ2v) is 6.05. The van der Waals surface area contributed by atoms with Crippen molar-refractivity contribution in [3.8, 4) is 10.7 Å². The first-order valence-corrected chi connectivity index (χ1v) is 7.86. The molecule has 0 spiro atoms. The Labute approximate surface area is 121 Å². The lowest BCUT2D eigenvalue weighted by atomic mass is 10.1. The van der Waals surface area contributed by atoms with Crippen LogP contribution in [0, 0.1) is 0 Å². The molecule has 0 aromatic carbocycles. The SMILES string of the molecule is O=C(O)c1cn(C2CCCCCC2)nc1-c1nccs1. The van der Waals surface area contributed by atoms with E-state index in [1.165, 1.54) is 37.0 Å². The number of carbonyl (C=O) groups is 1. The van der Waals surface area contributed by atoms with Crippen molar-refractivity contribution < 1.29 is 9.90 Å². The van der Waals surface area contributed by atoms with Gasteiger partial charge in [-0.3, -0.25) is 4.68 Å². The standard InChI is InChI=1S/C14H17N3O2S/c18-14(19)11-9-17(10-5-3-1-2-4-6-10)16-12(11)13-15-7-8-20-13/h7-10H,1-6H2,(H,18,19). The van der Waals surface area contributed by atoms with Crippen molar-refractivity contribution in [1.29, 1.82) is 0 Å².